The highest BCUT2D eigenvalue weighted by Crippen LogP contribution is 2.13. The Hall–Kier alpha value is -1.36. The molecule has 0 bridgehead atoms. The van der Waals surface area contributed by atoms with Gasteiger partial charge in [0.05, 0.1) is 6.54 Å². The summed E-state index contributed by atoms with van der Waals surface area (Å²) in [6.45, 7) is 2.64. The molecule has 0 aliphatic rings. The van der Waals surface area contributed by atoms with Crippen molar-refractivity contribution in [1.82, 2.24) is 10.2 Å². The fraction of sp³-hybridized carbons (Fsp3) is 0.385. The maximum absolute atomic E-state index is 12.3. The number of halogens is 1. The molecule has 1 N–H and O–H groups in total. The molecule has 0 saturated heterocycles. The summed E-state index contributed by atoms with van der Waals surface area (Å²) in [5.41, 5.74) is 0.585. The molecule has 1 rings (SSSR count). The third kappa shape index (κ3) is 4.14. The smallest absolute Gasteiger partial charge is 0.254 e. The van der Waals surface area contributed by atoms with Crippen LogP contribution in [0.3, 0.4) is 0 Å². The molecule has 0 unspecified atom stereocenters. The standard InChI is InChI=1S/C13H17BrN2O2/c1-3-7-16(9-12(17)15-2)13(18)10-5-4-6-11(14)8-10/h4-6,8H,3,7,9H2,1-2H3,(H,15,17). The number of rotatable bonds is 5. The predicted molar refractivity (Wildman–Crippen MR) is 74.4 cm³/mol. The van der Waals surface area contributed by atoms with Gasteiger partial charge in [0, 0.05) is 23.6 Å². The number of nitrogens with zero attached hydrogens (tertiary/aromatic N) is 1. The van der Waals surface area contributed by atoms with Crippen molar-refractivity contribution in [2.45, 2.75) is 13.3 Å². The molecule has 5 heteroatoms. The first-order valence-electron chi connectivity index (χ1n) is 5.84. The molecule has 0 saturated carbocycles. The van der Waals surface area contributed by atoms with Crippen LogP contribution in [-0.2, 0) is 4.79 Å². The lowest BCUT2D eigenvalue weighted by Crippen LogP contribution is -2.40. The van der Waals surface area contributed by atoms with E-state index in [2.05, 4.69) is 21.2 Å². The Morgan fingerprint density at radius 1 is 1.39 bits per heavy atom. The maximum atomic E-state index is 12.3. The zero-order valence-corrected chi connectivity index (χ0v) is 12.2. The van der Waals surface area contributed by atoms with Crippen molar-refractivity contribution in [3.05, 3.63) is 34.3 Å². The van der Waals surface area contributed by atoms with Crippen LogP contribution in [-0.4, -0.2) is 36.9 Å². The molecule has 0 atom stereocenters. The quantitative estimate of drug-likeness (QED) is 0.904. The summed E-state index contributed by atoms with van der Waals surface area (Å²) in [4.78, 5) is 25.2. The number of amides is 2. The largest absolute Gasteiger partial charge is 0.358 e. The summed E-state index contributed by atoms with van der Waals surface area (Å²) >= 11 is 3.33. The number of carbonyl (C=O) groups is 2. The van der Waals surface area contributed by atoms with Gasteiger partial charge in [0.15, 0.2) is 0 Å². The average molecular weight is 313 g/mol. The highest BCUT2D eigenvalue weighted by Gasteiger charge is 2.17. The Balaban J connectivity index is 2.85. The van der Waals surface area contributed by atoms with Gasteiger partial charge in [-0.1, -0.05) is 28.9 Å². The lowest BCUT2D eigenvalue weighted by molar-refractivity contribution is -0.121. The predicted octanol–water partition coefficient (Wildman–Crippen LogP) is 2.05. The Kier molecular flexibility index (Phi) is 5.85. The van der Waals surface area contributed by atoms with E-state index < -0.39 is 0 Å². The molecule has 1 aromatic carbocycles. The van der Waals surface area contributed by atoms with E-state index in [1.54, 1.807) is 30.1 Å². The molecule has 0 radical (unpaired) electrons. The Morgan fingerprint density at radius 3 is 2.67 bits per heavy atom. The molecule has 0 spiro atoms. The summed E-state index contributed by atoms with van der Waals surface area (Å²) in [5, 5.41) is 2.53. The average Bonchev–Trinajstić information content (AvgIpc) is 2.37. The minimum Gasteiger partial charge on any atom is -0.358 e. The normalized spacial score (nSPS) is 9.94. The Labute approximate surface area is 115 Å². The zero-order chi connectivity index (χ0) is 13.5. The van der Waals surface area contributed by atoms with Gasteiger partial charge in [-0.25, -0.2) is 0 Å². The molecule has 1 aromatic rings. The number of carbonyl (C=O) groups excluding carboxylic acids is 2. The minimum atomic E-state index is -0.160. The molecule has 0 fully saturated rings. The van der Waals surface area contributed by atoms with Gasteiger partial charge < -0.3 is 10.2 Å². The summed E-state index contributed by atoms with van der Waals surface area (Å²) in [7, 11) is 1.57. The molecule has 4 nitrogen and oxygen atoms in total. The van der Waals surface area contributed by atoms with E-state index in [0.717, 1.165) is 10.9 Å². The van der Waals surface area contributed by atoms with Crippen LogP contribution >= 0.6 is 15.9 Å². The van der Waals surface area contributed by atoms with E-state index in [9.17, 15) is 9.59 Å². The molecule has 98 valence electrons. The van der Waals surface area contributed by atoms with Gasteiger partial charge >= 0.3 is 0 Å². The third-order valence-electron chi connectivity index (χ3n) is 2.47. The monoisotopic (exact) mass is 312 g/mol. The summed E-state index contributed by atoms with van der Waals surface area (Å²) in [6.07, 6.45) is 0.816. The van der Waals surface area contributed by atoms with Crippen LogP contribution in [0, 0.1) is 0 Å². The van der Waals surface area contributed by atoms with Gasteiger partial charge in [0.2, 0.25) is 5.91 Å². The van der Waals surface area contributed by atoms with Crippen molar-refractivity contribution in [3.63, 3.8) is 0 Å². The topological polar surface area (TPSA) is 49.4 Å². The molecule has 0 aliphatic carbocycles. The number of hydrogen-bond donors (Lipinski definition) is 1. The van der Waals surface area contributed by atoms with E-state index in [1.807, 2.05) is 13.0 Å². The first-order valence-corrected chi connectivity index (χ1v) is 6.63. The zero-order valence-electron chi connectivity index (χ0n) is 10.6. The first kappa shape index (κ1) is 14.7. The van der Waals surface area contributed by atoms with Gasteiger partial charge in [-0.3, -0.25) is 9.59 Å². The lowest BCUT2D eigenvalue weighted by atomic mass is 10.2. The van der Waals surface area contributed by atoms with Crippen LogP contribution < -0.4 is 5.32 Å². The fourth-order valence-electron chi connectivity index (χ4n) is 1.58. The van der Waals surface area contributed by atoms with Crippen molar-refractivity contribution >= 4 is 27.7 Å². The van der Waals surface area contributed by atoms with Crippen LogP contribution in [0.5, 0.6) is 0 Å². The molecule has 0 heterocycles. The molecule has 0 aromatic heterocycles. The Morgan fingerprint density at radius 2 is 2.11 bits per heavy atom. The van der Waals surface area contributed by atoms with E-state index in [-0.39, 0.29) is 18.4 Å². The molecular formula is C13H17BrN2O2. The van der Waals surface area contributed by atoms with E-state index in [0.29, 0.717) is 12.1 Å². The summed E-state index contributed by atoms with van der Waals surface area (Å²) in [5.74, 6) is -0.284. The minimum absolute atomic E-state index is 0.0929. The van der Waals surface area contributed by atoms with Crippen LogP contribution in [0.15, 0.2) is 28.7 Å². The van der Waals surface area contributed by atoms with Crippen molar-refractivity contribution < 1.29 is 9.59 Å². The van der Waals surface area contributed by atoms with Crippen LogP contribution in [0.2, 0.25) is 0 Å². The molecule has 18 heavy (non-hydrogen) atoms. The molecular weight excluding hydrogens is 296 g/mol. The number of likely N-dealkylation sites (N-methyl/N-ethyl adjacent to an activating group) is 1. The molecule has 0 aliphatic heterocycles. The van der Waals surface area contributed by atoms with Gasteiger partial charge in [-0.2, -0.15) is 0 Å². The van der Waals surface area contributed by atoms with Crippen LogP contribution in [0.1, 0.15) is 23.7 Å². The van der Waals surface area contributed by atoms with Crippen molar-refractivity contribution in [2.75, 3.05) is 20.1 Å². The lowest BCUT2D eigenvalue weighted by Gasteiger charge is -2.21. The van der Waals surface area contributed by atoms with Gasteiger partial charge in [-0.05, 0) is 24.6 Å². The van der Waals surface area contributed by atoms with E-state index in [1.165, 1.54) is 0 Å². The SMILES string of the molecule is CCCN(CC(=O)NC)C(=O)c1cccc(Br)c1. The summed E-state index contributed by atoms with van der Waals surface area (Å²) < 4.78 is 0.852. The van der Waals surface area contributed by atoms with Crippen molar-refractivity contribution in [3.8, 4) is 0 Å². The fourth-order valence-corrected chi connectivity index (χ4v) is 1.98. The van der Waals surface area contributed by atoms with Crippen molar-refractivity contribution in [2.24, 2.45) is 0 Å². The second kappa shape index (κ2) is 7.16. The number of nitrogens with one attached hydrogen (secondary N) is 1. The molecule has 2 amide bonds. The van der Waals surface area contributed by atoms with E-state index in [4.69, 9.17) is 0 Å². The van der Waals surface area contributed by atoms with E-state index >= 15 is 0 Å². The van der Waals surface area contributed by atoms with Crippen LogP contribution in [0.25, 0.3) is 0 Å². The van der Waals surface area contributed by atoms with Gasteiger partial charge in [0.1, 0.15) is 0 Å². The second-order valence-corrected chi connectivity index (χ2v) is 4.83. The van der Waals surface area contributed by atoms with Gasteiger partial charge in [-0.15, -0.1) is 0 Å². The Bertz CT molecular complexity index is 435. The number of hydrogen-bond acceptors (Lipinski definition) is 2. The third-order valence-corrected chi connectivity index (χ3v) is 2.96. The first-order chi connectivity index (χ1) is 8.58. The highest BCUT2D eigenvalue weighted by molar-refractivity contribution is 9.10. The van der Waals surface area contributed by atoms with Crippen molar-refractivity contribution in [1.29, 1.82) is 0 Å². The van der Waals surface area contributed by atoms with Gasteiger partial charge in [0.25, 0.3) is 5.91 Å². The highest BCUT2D eigenvalue weighted by atomic mass is 79.9. The second-order valence-electron chi connectivity index (χ2n) is 3.91. The van der Waals surface area contributed by atoms with Crippen LogP contribution in [0.4, 0.5) is 0 Å². The maximum Gasteiger partial charge on any atom is 0.254 e. The summed E-state index contributed by atoms with van der Waals surface area (Å²) in [6, 6.07) is 7.18. The number of benzene rings is 1.